The van der Waals surface area contributed by atoms with E-state index in [-0.39, 0.29) is 23.6 Å². The third-order valence-corrected chi connectivity index (χ3v) is 5.06. The number of carbonyl (C=O) groups is 2. The number of halogens is 3. The number of carbonyl (C=O) groups excluding carboxylic acids is 2. The van der Waals surface area contributed by atoms with Crippen LogP contribution in [0.2, 0.25) is 0 Å². The van der Waals surface area contributed by atoms with Gasteiger partial charge in [-0.25, -0.2) is 26.3 Å². The zero-order valence-corrected chi connectivity index (χ0v) is 15.4. The van der Waals surface area contributed by atoms with E-state index in [0.29, 0.717) is 11.6 Å². The summed E-state index contributed by atoms with van der Waals surface area (Å²) in [6.45, 7) is 1.07. The predicted molar refractivity (Wildman–Crippen MR) is 94.3 cm³/mol. The molecule has 11 heteroatoms. The minimum Gasteiger partial charge on any atom is -0.296 e. The zero-order valence-electron chi connectivity index (χ0n) is 14.6. The molecule has 0 spiro atoms. The Bertz CT molecular complexity index is 995. The maximum Gasteiger partial charge on any atom is 0.240 e. The van der Waals surface area contributed by atoms with Gasteiger partial charge in [-0.1, -0.05) is 12.1 Å². The molecule has 150 valence electrons. The van der Waals surface area contributed by atoms with Crippen LogP contribution in [0.15, 0.2) is 41.3 Å². The topological polar surface area (TPSA) is 104 Å². The van der Waals surface area contributed by atoms with Gasteiger partial charge in [-0.2, -0.15) is 0 Å². The highest BCUT2D eigenvalue weighted by Crippen LogP contribution is 2.18. The van der Waals surface area contributed by atoms with Crippen LogP contribution >= 0.6 is 0 Å². The van der Waals surface area contributed by atoms with Crippen molar-refractivity contribution < 1.29 is 31.2 Å². The van der Waals surface area contributed by atoms with Gasteiger partial charge in [-0.3, -0.25) is 20.4 Å². The Labute approximate surface area is 159 Å². The van der Waals surface area contributed by atoms with Crippen molar-refractivity contribution in [3.8, 4) is 0 Å². The first kappa shape index (κ1) is 21.4. The van der Waals surface area contributed by atoms with Gasteiger partial charge in [0, 0.05) is 18.5 Å². The average molecular weight is 415 g/mol. The lowest BCUT2D eigenvalue weighted by molar-refractivity contribution is -0.120. The maximum atomic E-state index is 13.4. The molecule has 0 atom stereocenters. The van der Waals surface area contributed by atoms with Gasteiger partial charge in [0.15, 0.2) is 23.2 Å². The van der Waals surface area contributed by atoms with E-state index in [1.807, 2.05) is 5.43 Å². The van der Waals surface area contributed by atoms with E-state index < -0.39 is 39.1 Å². The van der Waals surface area contributed by atoms with E-state index in [2.05, 4.69) is 10.1 Å². The van der Waals surface area contributed by atoms with Crippen molar-refractivity contribution in [3.63, 3.8) is 0 Å². The molecule has 0 aromatic heterocycles. The fourth-order valence-electron chi connectivity index (χ4n) is 2.07. The summed E-state index contributed by atoms with van der Waals surface area (Å²) in [5, 5.41) is 0. The van der Waals surface area contributed by atoms with E-state index in [1.54, 1.807) is 0 Å². The lowest BCUT2D eigenvalue weighted by Crippen LogP contribution is -2.34. The molecule has 0 aliphatic carbocycles. The van der Waals surface area contributed by atoms with Crippen LogP contribution in [0, 0.1) is 17.5 Å². The Morgan fingerprint density at radius 2 is 1.61 bits per heavy atom. The van der Waals surface area contributed by atoms with Crippen LogP contribution in [0.1, 0.15) is 23.7 Å². The number of benzene rings is 2. The average Bonchev–Trinajstić information content (AvgIpc) is 2.65. The molecule has 3 N–H and O–H groups in total. The molecule has 0 saturated carbocycles. The highest BCUT2D eigenvalue weighted by atomic mass is 32.2. The largest absolute Gasteiger partial charge is 0.296 e. The molecular weight excluding hydrogens is 399 g/mol. The first-order valence-corrected chi connectivity index (χ1v) is 9.39. The van der Waals surface area contributed by atoms with Gasteiger partial charge in [-0.05, 0) is 31.2 Å². The fourth-order valence-corrected chi connectivity index (χ4v) is 3.10. The van der Waals surface area contributed by atoms with Crippen LogP contribution in [-0.4, -0.2) is 26.7 Å². The SMILES string of the molecule is CC(=O)c1ccc(S(=O)(=O)NCCC(=O)NNc2ccc(F)c(F)c2F)cc1. The maximum absolute atomic E-state index is 13.4. The van der Waals surface area contributed by atoms with Crippen molar-refractivity contribution in [2.24, 2.45) is 0 Å². The molecule has 0 radical (unpaired) electrons. The highest BCUT2D eigenvalue weighted by molar-refractivity contribution is 7.89. The molecule has 2 rings (SSSR count). The third-order valence-electron chi connectivity index (χ3n) is 3.59. The molecule has 0 fully saturated rings. The molecule has 1 amide bonds. The predicted octanol–water partition coefficient (Wildman–Crippen LogP) is 2.12. The number of anilines is 1. The van der Waals surface area contributed by atoms with E-state index in [9.17, 15) is 31.2 Å². The lowest BCUT2D eigenvalue weighted by atomic mass is 10.2. The molecule has 28 heavy (non-hydrogen) atoms. The molecule has 0 aliphatic heterocycles. The van der Waals surface area contributed by atoms with Crippen molar-refractivity contribution in [3.05, 3.63) is 59.4 Å². The molecule has 0 aliphatic rings. The molecule has 0 bridgehead atoms. The summed E-state index contributed by atoms with van der Waals surface area (Å²) in [5.74, 6) is -5.50. The Hall–Kier alpha value is -2.92. The summed E-state index contributed by atoms with van der Waals surface area (Å²) >= 11 is 0. The summed E-state index contributed by atoms with van der Waals surface area (Å²) in [6.07, 6.45) is -0.316. The number of sulfonamides is 1. The van der Waals surface area contributed by atoms with Gasteiger partial charge in [0.2, 0.25) is 15.9 Å². The number of hydrazine groups is 1. The number of hydrogen-bond acceptors (Lipinski definition) is 5. The monoisotopic (exact) mass is 415 g/mol. The summed E-state index contributed by atoms with van der Waals surface area (Å²) in [6, 6.07) is 6.81. The van der Waals surface area contributed by atoms with Crippen LogP contribution in [-0.2, 0) is 14.8 Å². The molecular formula is C17H16F3N3O4S. The van der Waals surface area contributed by atoms with E-state index in [4.69, 9.17) is 0 Å². The van der Waals surface area contributed by atoms with Gasteiger partial charge in [-0.15, -0.1) is 0 Å². The van der Waals surface area contributed by atoms with Crippen LogP contribution in [0.5, 0.6) is 0 Å². The number of rotatable bonds is 8. The van der Waals surface area contributed by atoms with Crippen LogP contribution in [0.3, 0.4) is 0 Å². The number of amides is 1. The van der Waals surface area contributed by atoms with Crippen molar-refractivity contribution in [1.29, 1.82) is 0 Å². The molecule has 2 aromatic rings. The normalized spacial score (nSPS) is 11.1. The van der Waals surface area contributed by atoms with Crippen molar-refractivity contribution in [2.75, 3.05) is 12.0 Å². The molecule has 0 heterocycles. The molecule has 7 nitrogen and oxygen atoms in total. The van der Waals surface area contributed by atoms with Gasteiger partial charge in [0.05, 0.1) is 10.6 Å². The Morgan fingerprint density at radius 1 is 0.964 bits per heavy atom. The van der Waals surface area contributed by atoms with E-state index >= 15 is 0 Å². The number of hydrogen-bond donors (Lipinski definition) is 3. The van der Waals surface area contributed by atoms with Crippen molar-refractivity contribution in [2.45, 2.75) is 18.2 Å². The molecule has 2 aromatic carbocycles. The smallest absolute Gasteiger partial charge is 0.240 e. The van der Waals surface area contributed by atoms with Gasteiger partial charge in [0.1, 0.15) is 0 Å². The summed E-state index contributed by atoms with van der Waals surface area (Å²) in [7, 11) is -3.90. The van der Waals surface area contributed by atoms with Gasteiger partial charge < -0.3 is 0 Å². The Balaban J connectivity index is 1.86. The highest BCUT2D eigenvalue weighted by Gasteiger charge is 2.16. The second-order valence-electron chi connectivity index (χ2n) is 5.62. The van der Waals surface area contributed by atoms with Crippen molar-refractivity contribution >= 4 is 27.4 Å². The summed E-state index contributed by atoms with van der Waals surface area (Å²) in [5.41, 5.74) is 4.00. The van der Waals surface area contributed by atoms with Crippen molar-refractivity contribution in [1.82, 2.24) is 10.1 Å². The van der Waals surface area contributed by atoms with Gasteiger partial charge >= 0.3 is 0 Å². The molecule has 0 saturated heterocycles. The van der Waals surface area contributed by atoms with E-state index in [1.165, 1.54) is 31.2 Å². The number of Topliss-reactive ketones (excluding diaryl/α,β-unsaturated/α-hetero) is 1. The Morgan fingerprint density at radius 3 is 2.21 bits per heavy atom. The third kappa shape index (κ3) is 5.30. The first-order chi connectivity index (χ1) is 13.1. The lowest BCUT2D eigenvalue weighted by Gasteiger charge is -2.11. The summed E-state index contributed by atoms with van der Waals surface area (Å²) < 4.78 is 65.8. The second-order valence-corrected chi connectivity index (χ2v) is 7.39. The quantitative estimate of drug-likeness (QED) is 0.348. The zero-order chi connectivity index (χ0) is 20.9. The van der Waals surface area contributed by atoms with Crippen LogP contribution in [0.4, 0.5) is 18.9 Å². The summed E-state index contributed by atoms with van der Waals surface area (Å²) in [4.78, 5) is 22.8. The Kier molecular flexibility index (Phi) is 6.75. The fraction of sp³-hybridized carbons (Fsp3) is 0.176. The van der Waals surface area contributed by atoms with Crippen LogP contribution < -0.4 is 15.6 Å². The second kappa shape index (κ2) is 8.85. The minimum atomic E-state index is -3.90. The first-order valence-electron chi connectivity index (χ1n) is 7.91. The number of nitrogens with one attached hydrogen (secondary N) is 3. The molecule has 0 unspecified atom stereocenters. The van der Waals surface area contributed by atoms with Gasteiger partial charge in [0.25, 0.3) is 0 Å². The number of ketones is 1. The van der Waals surface area contributed by atoms with Crippen LogP contribution in [0.25, 0.3) is 0 Å². The standard InChI is InChI=1S/C17H16F3N3O4S/c1-10(24)11-2-4-12(5-3-11)28(26,27)21-9-8-15(25)23-22-14-7-6-13(18)16(19)17(14)20/h2-7,21-22H,8-9H2,1H3,(H,23,25). The van der Waals surface area contributed by atoms with E-state index in [0.717, 1.165) is 6.07 Å². The minimum absolute atomic E-state index is 0.0834.